The normalized spacial score (nSPS) is 11.4. The van der Waals surface area contributed by atoms with Gasteiger partial charge in [0, 0.05) is 5.56 Å². The molecule has 0 saturated heterocycles. The molecule has 1 N–H and O–H groups in total. The maximum absolute atomic E-state index is 13.7. The Balaban J connectivity index is 3.26. The summed E-state index contributed by atoms with van der Waals surface area (Å²) in [6.45, 7) is 1.30. The first kappa shape index (κ1) is 13.0. The third-order valence-electron chi connectivity index (χ3n) is 2.31. The molecule has 0 bridgehead atoms. The topological polar surface area (TPSA) is 71.0 Å². The Morgan fingerprint density at radius 2 is 1.94 bits per heavy atom. The average molecular weight is 233 g/mol. The molecule has 17 heavy (non-hydrogen) atoms. The smallest absolute Gasteiger partial charge is 0.146 e. The van der Waals surface area contributed by atoms with Crippen LogP contribution >= 0.6 is 0 Å². The first-order valence-electron chi connectivity index (χ1n) is 5.07. The van der Waals surface area contributed by atoms with Gasteiger partial charge in [0.05, 0.1) is 23.9 Å². The highest BCUT2D eigenvalue weighted by atomic mass is 19.1. The molecule has 88 valence electrons. The van der Waals surface area contributed by atoms with Crippen molar-refractivity contribution in [1.82, 2.24) is 0 Å². The van der Waals surface area contributed by atoms with Crippen LogP contribution in [0.25, 0.3) is 0 Å². The monoisotopic (exact) mass is 233 g/mol. The molecule has 0 fully saturated rings. The van der Waals surface area contributed by atoms with E-state index in [9.17, 15) is 9.50 Å². The van der Waals surface area contributed by atoms with E-state index in [-0.39, 0.29) is 18.8 Å². The minimum absolute atomic E-state index is 0.103. The molecule has 0 spiro atoms. The second-order valence-corrected chi connectivity index (χ2v) is 3.53. The minimum Gasteiger partial charge on any atom is -0.389 e. The molecule has 1 atom stereocenters. The number of halogens is 1. The van der Waals surface area contributed by atoms with Crippen LogP contribution in [0.5, 0.6) is 0 Å². The lowest BCUT2D eigenvalue weighted by Gasteiger charge is -2.23. The van der Waals surface area contributed by atoms with Gasteiger partial charge < -0.3 is 10.0 Å². The number of rotatable bonds is 4. The second kappa shape index (κ2) is 5.83. The summed E-state index contributed by atoms with van der Waals surface area (Å²) in [5.41, 5.74) is 0.487. The van der Waals surface area contributed by atoms with Crippen LogP contribution in [0.15, 0.2) is 18.2 Å². The lowest BCUT2D eigenvalue weighted by molar-refractivity contribution is 0.199. The Morgan fingerprint density at radius 1 is 1.35 bits per heavy atom. The molecule has 0 heterocycles. The van der Waals surface area contributed by atoms with Crippen molar-refractivity contribution in [2.45, 2.75) is 13.0 Å². The fourth-order valence-electron chi connectivity index (χ4n) is 1.59. The summed E-state index contributed by atoms with van der Waals surface area (Å²) in [4.78, 5) is 1.30. The number of hydrogen-bond donors (Lipinski definition) is 1. The third-order valence-corrected chi connectivity index (χ3v) is 2.31. The van der Waals surface area contributed by atoms with Gasteiger partial charge in [0.2, 0.25) is 0 Å². The Morgan fingerprint density at radius 3 is 2.41 bits per heavy atom. The number of anilines is 1. The van der Waals surface area contributed by atoms with Gasteiger partial charge in [-0.2, -0.15) is 10.5 Å². The highest BCUT2D eigenvalue weighted by molar-refractivity contribution is 5.57. The Bertz CT molecular complexity index is 458. The number of nitriles is 2. The number of para-hydroxylation sites is 1. The minimum atomic E-state index is -0.861. The standard InChI is InChI=1S/C12H12FN3O/c1-9(17)10-3-2-4-11(13)12(10)16(7-5-14)8-6-15/h2-4,9,17H,7-8H2,1H3. The summed E-state index contributed by atoms with van der Waals surface area (Å²) < 4.78 is 13.7. The Labute approximate surface area is 99.1 Å². The van der Waals surface area contributed by atoms with Crippen molar-refractivity contribution in [3.63, 3.8) is 0 Å². The molecule has 1 aromatic carbocycles. The van der Waals surface area contributed by atoms with Crippen LogP contribution in [-0.2, 0) is 0 Å². The largest absolute Gasteiger partial charge is 0.389 e. The van der Waals surface area contributed by atoms with Crippen molar-refractivity contribution in [2.75, 3.05) is 18.0 Å². The highest BCUT2D eigenvalue weighted by Gasteiger charge is 2.18. The number of benzene rings is 1. The molecule has 0 radical (unpaired) electrons. The zero-order valence-electron chi connectivity index (χ0n) is 9.39. The summed E-state index contributed by atoms with van der Waals surface area (Å²) in [5, 5.41) is 26.9. The van der Waals surface area contributed by atoms with E-state index in [0.29, 0.717) is 5.56 Å². The number of nitrogens with zero attached hydrogens (tertiary/aromatic N) is 3. The van der Waals surface area contributed by atoms with Crippen LogP contribution in [0.2, 0.25) is 0 Å². The van der Waals surface area contributed by atoms with Crippen LogP contribution in [-0.4, -0.2) is 18.2 Å². The first-order chi connectivity index (χ1) is 8.11. The van der Waals surface area contributed by atoms with Crippen molar-refractivity contribution in [3.8, 4) is 12.1 Å². The number of aliphatic hydroxyl groups excluding tert-OH is 1. The van der Waals surface area contributed by atoms with Crippen LogP contribution < -0.4 is 4.90 Å². The van der Waals surface area contributed by atoms with Crippen LogP contribution in [0, 0.1) is 28.5 Å². The van der Waals surface area contributed by atoms with E-state index in [1.165, 1.54) is 24.0 Å². The van der Waals surface area contributed by atoms with Gasteiger partial charge in [-0.05, 0) is 13.0 Å². The average Bonchev–Trinajstić information content (AvgIpc) is 2.28. The predicted molar refractivity (Wildman–Crippen MR) is 60.5 cm³/mol. The predicted octanol–water partition coefficient (Wildman–Crippen LogP) is 1.73. The molecule has 0 aliphatic heterocycles. The molecule has 0 aliphatic carbocycles. The summed E-state index contributed by atoms with van der Waals surface area (Å²) in [5.74, 6) is -0.547. The molecule has 5 heteroatoms. The van der Waals surface area contributed by atoms with Crippen molar-refractivity contribution < 1.29 is 9.50 Å². The van der Waals surface area contributed by atoms with Gasteiger partial charge in [-0.3, -0.25) is 0 Å². The summed E-state index contributed by atoms with van der Waals surface area (Å²) in [6.07, 6.45) is -0.861. The third kappa shape index (κ3) is 2.93. The zero-order chi connectivity index (χ0) is 12.8. The molecular weight excluding hydrogens is 221 g/mol. The first-order valence-corrected chi connectivity index (χ1v) is 5.07. The Hall–Kier alpha value is -2.11. The van der Waals surface area contributed by atoms with E-state index in [2.05, 4.69) is 0 Å². The number of aliphatic hydroxyl groups is 1. The fourth-order valence-corrected chi connectivity index (χ4v) is 1.59. The number of hydrogen-bond acceptors (Lipinski definition) is 4. The quantitative estimate of drug-likeness (QED) is 0.804. The van der Waals surface area contributed by atoms with Crippen molar-refractivity contribution in [2.24, 2.45) is 0 Å². The van der Waals surface area contributed by atoms with Crippen LogP contribution in [0.3, 0.4) is 0 Å². The van der Waals surface area contributed by atoms with Gasteiger partial charge in [-0.25, -0.2) is 4.39 Å². The van der Waals surface area contributed by atoms with Gasteiger partial charge in [-0.15, -0.1) is 0 Å². The van der Waals surface area contributed by atoms with Crippen molar-refractivity contribution in [1.29, 1.82) is 10.5 Å². The summed E-state index contributed by atoms with van der Waals surface area (Å²) in [6, 6.07) is 8.04. The molecule has 4 nitrogen and oxygen atoms in total. The fraction of sp³-hybridized carbons (Fsp3) is 0.333. The van der Waals surface area contributed by atoms with Gasteiger partial charge in [0.25, 0.3) is 0 Å². The second-order valence-electron chi connectivity index (χ2n) is 3.53. The maximum atomic E-state index is 13.7. The summed E-state index contributed by atoms with van der Waals surface area (Å²) in [7, 11) is 0. The van der Waals surface area contributed by atoms with E-state index in [1.807, 2.05) is 12.1 Å². The lowest BCUT2D eigenvalue weighted by Crippen LogP contribution is -2.26. The molecule has 0 aliphatic rings. The van der Waals surface area contributed by atoms with E-state index in [4.69, 9.17) is 10.5 Å². The molecule has 1 rings (SSSR count). The SMILES string of the molecule is CC(O)c1cccc(F)c1N(CC#N)CC#N. The van der Waals surface area contributed by atoms with Crippen molar-refractivity contribution in [3.05, 3.63) is 29.6 Å². The molecule has 1 aromatic rings. The molecule has 0 saturated carbocycles. The van der Waals surface area contributed by atoms with E-state index in [1.54, 1.807) is 6.07 Å². The van der Waals surface area contributed by atoms with Crippen LogP contribution in [0.1, 0.15) is 18.6 Å². The highest BCUT2D eigenvalue weighted by Crippen LogP contribution is 2.28. The van der Waals surface area contributed by atoms with E-state index in [0.717, 1.165) is 0 Å². The van der Waals surface area contributed by atoms with Crippen molar-refractivity contribution >= 4 is 5.69 Å². The molecule has 0 amide bonds. The zero-order valence-corrected chi connectivity index (χ0v) is 9.39. The van der Waals surface area contributed by atoms with Gasteiger partial charge in [-0.1, -0.05) is 12.1 Å². The maximum Gasteiger partial charge on any atom is 0.146 e. The lowest BCUT2D eigenvalue weighted by atomic mass is 10.1. The van der Waals surface area contributed by atoms with E-state index < -0.39 is 11.9 Å². The van der Waals surface area contributed by atoms with Crippen LogP contribution in [0.4, 0.5) is 10.1 Å². The van der Waals surface area contributed by atoms with E-state index >= 15 is 0 Å². The van der Waals surface area contributed by atoms with Gasteiger partial charge in [0.15, 0.2) is 0 Å². The Kier molecular flexibility index (Phi) is 4.45. The molecule has 0 aromatic heterocycles. The van der Waals surface area contributed by atoms with Gasteiger partial charge in [0.1, 0.15) is 18.9 Å². The summed E-state index contributed by atoms with van der Waals surface area (Å²) >= 11 is 0. The van der Waals surface area contributed by atoms with Gasteiger partial charge >= 0.3 is 0 Å². The molecular formula is C12H12FN3O. The molecule has 1 unspecified atom stereocenters.